The predicted molar refractivity (Wildman–Crippen MR) is 131 cm³/mol. The van der Waals surface area contributed by atoms with Crippen LogP contribution in [0.5, 0.6) is 5.75 Å². The minimum atomic E-state index is -4.68. The summed E-state index contributed by atoms with van der Waals surface area (Å²) in [7, 11) is -4.68. The number of phosphoric ester groups is 1. The molecule has 0 aliphatic carbocycles. The Morgan fingerprint density at radius 1 is 1.29 bits per heavy atom. The van der Waals surface area contributed by atoms with E-state index in [0.717, 1.165) is 0 Å². The van der Waals surface area contributed by atoms with E-state index in [0.29, 0.717) is 57.7 Å². The average molecular weight is 513 g/mol. The normalized spacial score (nSPS) is 13.1. The standard InChI is InChI=1S/C21H29N4O7PS/c1-4-31-18-7-5-16(6-8-18)21(27)34-19(9-10-32-33(28,29)30)14(2)25(13-26)12-17-11-23-15(3)24-20(17)22/h5-8,11,13,27,34H,4,9-10,12H2,1-3H3,(H2,22,23,24)(H2,28,29,30)/b19-14-. The van der Waals surface area contributed by atoms with E-state index in [1.165, 1.54) is 11.1 Å². The van der Waals surface area contributed by atoms with E-state index in [4.69, 9.17) is 20.3 Å². The number of aliphatic hydroxyl groups is 1. The van der Waals surface area contributed by atoms with Crippen LogP contribution in [0.3, 0.4) is 0 Å². The third-order valence-electron chi connectivity index (χ3n) is 4.60. The monoisotopic (exact) mass is 512 g/mol. The molecule has 0 unspecified atom stereocenters. The van der Waals surface area contributed by atoms with Crippen LogP contribution in [0.4, 0.5) is 5.82 Å². The maximum atomic E-state index is 11.9. The quantitative estimate of drug-likeness (QED) is 0.123. The largest absolute Gasteiger partial charge is 0.494 e. The summed E-state index contributed by atoms with van der Waals surface area (Å²) in [5, 5.41) is 10.7. The number of carbonyl (C=O) groups is 1. The fourth-order valence-electron chi connectivity index (χ4n) is 2.86. The van der Waals surface area contributed by atoms with E-state index >= 15 is 0 Å². The number of nitrogen functional groups attached to an aromatic ring is 1. The Kier molecular flexibility index (Phi) is 10.4. The highest BCUT2D eigenvalue weighted by molar-refractivity contribution is 8.02. The first kappa shape index (κ1) is 27.6. The van der Waals surface area contributed by atoms with Gasteiger partial charge in [-0.25, -0.2) is 14.5 Å². The van der Waals surface area contributed by atoms with Gasteiger partial charge in [-0.3, -0.25) is 9.32 Å². The lowest BCUT2D eigenvalue weighted by Crippen LogP contribution is -2.22. The van der Waals surface area contributed by atoms with Crippen LogP contribution in [-0.4, -0.2) is 54.4 Å². The molecule has 0 atom stereocenters. The number of aliphatic hydroxyl groups excluding tert-OH is 1. The lowest BCUT2D eigenvalue weighted by atomic mass is 10.2. The number of hydrogen-bond acceptors (Lipinski definition) is 7. The first-order valence-corrected chi connectivity index (χ1v) is 12.7. The number of nitrogens with two attached hydrogens (primary N) is 1. The van der Waals surface area contributed by atoms with Gasteiger partial charge in [0.1, 0.15) is 22.4 Å². The summed E-state index contributed by atoms with van der Waals surface area (Å²) in [4.78, 5) is 40.0. The molecule has 5 N–H and O–H groups in total. The second-order valence-electron chi connectivity index (χ2n) is 7.06. The van der Waals surface area contributed by atoms with Crippen LogP contribution in [0, 0.1) is 6.92 Å². The summed E-state index contributed by atoms with van der Waals surface area (Å²) >= 11 is 0.332. The van der Waals surface area contributed by atoms with Crippen molar-refractivity contribution in [2.24, 2.45) is 0 Å². The second kappa shape index (κ2) is 12.7. The number of allylic oxidation sites excluding steroid dienone is 1. The van der Waals surface area contributed by atoms with Crippen molar-refractivity contribution >= 4 is 36.5 Å². The summed E-state index contributed by atoms with van der Waals surface area (Å²) in [6, 6.07) is 6.81. The number of phosphoric acid groups is 1. The SMILES string of the molecule is CCOc1ccc(/C(O)=[SH]/C(CCOP(=O)(O)O)=C(/C)N(C=O)Cc2cnc(C)nc2N)cc1. The van der Waals surface area contributed by atoms with Crippen LogP contribution in [0.25, 0.3) is 0 Å². The van der Waals surface area contributed by atoms with Gasteiger partial charge in [-0.1, -0.05) is 0 Å². The Labute approximate surface area is 201 Å². The first-order valence-electron chi connectivity index (χ1n) is 10.2. The number of rotatable bonds is 12. The van der Waals surface area contributed by atoms with Crippen molar-refractivity contribution in [3.63, 3.8) is 0 Å². The molecule has 1 aromatic carbocycles. The highest BCUT2D eigenvalue weighted by Gasteiger charge is 2.17. The zero-order valence-electron chi connectivity index (χ0n) is 19.1. The van der Waals surface area contributed by atoms with Crippen LogP contribution in [0.1, 0.15) is 37.2 Å². The van der Waals surface area contributed by atoms with E-state index in [1.54, 1.807) is 38.1 Å². The van der Waals surface area contributed by atoms with E-state index in [9.17, 15) is 14.5 Å². The molecule has 11 nitrogen and oxygen atoms in total. The zero-order valence-corrected chi connectivity index (χ0v) is 20.9. The Morgan fingerprint density at radius 2 is 1.97 bits per heavy atom. The molecular weight excluding hydrogens is 483 g/mol. The molecule has 0 aliphatic heterocycles. The third kappa shape index (κ3) is 8.64. The van der Waals surface area contributed by atoms with E-state index in [1.807, 2.05) is 6.92 Å². The maximum absolute atomic E-state index is 11.9. The lowest BCUT2D eigenvalue weighted by molar-refractivity contribution is -0.116. The highest BCUT2D eigenvalue weighted by atomic mass is 32.1. The molecule has 2 rings (SSSR count). The number of hydrogen-bond donors (Lipinski definition) is 5. The molecule has 1 amide bonds. The Bertz CT molecular complexity index is 1100. The number of amides is 1. The summed E-state index contributed by atoms with van der Waals surface area (Å²) in [6.07, 6.45) is 2.17. The number of aromatic nitrogens is 2. The van der Waals surface area contributed by atoms with Crippen molar-refractivity contribution in [3.05, 3.63) is 58.0 Å². The van der Waals surface area contributed by atoms with Gasteiger partial charge >= 0.3 is 7.82 Å². The molecule has 34 heavy (non-hydrogen) atoms. The number of aryl methyl sites for hydroxylation is 1. The van der Waals surface area contributed by atoms with Crippen molar-refractivity contribution < 1.29 is 33.5 Å². The van der Waals surface area contributed by atoms with Crippen LogP contribution >= 0.6 is 19.2 Å². The topological polar surface area (TPSA) is 168 Å². The fourth-order valence-corrected chi connectivity index (χ4v) is 4.21. The molecule has 0 saturated heterocycles. The zero-order chi connectivity index (χ0) is 25.3. The lowest BCUT2D eigenvalue weighted by Gasteiger charge is -2.22. The van der Waals surface area contributed by atoms with Crippen molar-refractivity contribution in [1.29, 1.82) is 0 Å². The minimum Gasteiger partial charge on any atom is -0.494 e. The van der Waals surface area contributed by atoms with Gasteiger partial charge in [-0.2, -0.15) is 0 Å². The molecule has 0 bridgehead atoms. The van der Waals surface area contributed by atoms with Crippen LogP contribution in [-0.2, 0) is 20.4 Å². The van der Waals surface area contributed by atoms with Gasteiger partial charge in [0.25, 0.3) is 0 Å². The van der Waals surface area contributed by atoms with E-state index < -0.39 is 7.82 Å². The molecular formula is C21H29N4O7PS. The molecule has 0 spiro atoms. The molecule has 1 heterocycles. The van der Waals surface area contributed by atoms with Crippen molar-refractivity contribution in [1.82, 2.24) is 14.9 Å². The summed E-state index contributed by atoms with van der Waals surface area (Å²) < 4.78 is 21.1. The molecule has 13 heteroatoms. The van der Waals surface area contributed by atoms with Gasteiger partial charge in [0.15, 0.2) is 0 Å². The van der Waals surface area contributed by atoms with Crippen molar-refractivity contribution in [2.45, 2.75) is 33.7 Å². The maximum Gasteiger partial charge on any atom is 0.469 e. The molecule has 0 aliphatic rings. The van der Waals surface area contributed by atoms with Crippen LogP contribution < -0.4 is 10.5 Å². The van der Waals surface area contributed by atoms with E-state index in [-0.39, 0.29) is 30.4 Å². The highest BCUT2D eigenvalue weighted by Crippen LogP contribution is 2.36. The van der Waals surface area contributed by atoms with Crippen LogP contribution in [0.2, 0.25) is 0 Å². The number of nitrogens with zero attached hydrogens (tertiary/aromatic N) is 3. The average Bonchev–Trinajstić information content (AvgIpc) is 2.77. The van der Waals surface area contributed by atoms with Crippen LogP contribution in [0.15, 0.2) is 41.1 Å². The number of ether oxygens (including phenoxy) is 1. The van der Waals surface area contributed by atoms with Gasteiger partial charge in [0, 0.05) is 34.3 Å². The molecule has 0 fully saturated rings. The van der Waals surface area contributed by atoms with E-state index in [2.05, 4.69) is 14.5 Å². The number of carbonyl (C=O) groups excluding carboxylic acids is 1. The molecule has 0 radical (unpaired) electrons. The van der Waals surface area contributed by atoms with Gasteiger partial charge in [-0.15, -0.1) is 11.4 Å². The second-order valence-corrected chi connectivity index (χ2v) is 9.49. The smallest absolute Gasteiger partial charge is 0.469 e. The molecule has 2 aromatic rings. The fraction of sp³-hybridized carbons (Fsp3) is 0.333. The molecule has 186 valence electrons. The van der Waals surface area contributed by atoms with Gasteiger partial charge in [-0.05, 0) is 45.0 Å². The van der Waals surface area contributed by atoms with Gasteiger partial charge < -0.3 is 30.3 Å². The third-order valence-corrected chi connectivity index (χ3v) is 6.40. The van der Waals surface area contributed by atoms with Crippen molar-refractivity contribution in [2.75, 3.05) is 18.9 Å². The minimum absolute atomic E-state index is 0.0161. The number of benzene rings is 1. The Hall–Kier alpha value is -2.60. The molecule has 0 saturated carbocycles. The summed E-state index contributed by atoms with van der Waals surface area (Å²) in [6.45, 7) is 5.49. The number of anilines is 1. The number of thiol groups is 1. The first-order chi connectivity index (χ1) is 16.0. The van der Waals surface area contributed by atoms with Gasteiger partial charge in [0.2, 0.25) is 6.41 Å². The summed E-state index contributed by atoms with van der Waals surface area (Å²) in [5.74, 6) is 1.39. The van der Waals surface area contributed by atoms with Gasteiger partial charge in [0.05, 0.1) is 19.8 Å². The Balaban J connectivity index is 2.39. The van der Waals surface area contributed by atoms with Crippen molar-refractivity contribution in [3.8, 4) is 5.75 Å². The predicted octanol–water partition coefficient (Wildman–Crippen LogP) is 2.66. The molecule has 1 aromatic heterocycles. The Morgan fingerprint density at radius 3 is 2.53 bits per heavy atom. The summed E-state index contributed by atoms with van der Waals surface area (Å²) in [5.41, 5.74) is 7.46.